The minimum absolute atomic E-state index is 0.0269. The standard InChI is InChI=1S/C22H25FN2O3S/c1-15-6-10-18(11-7-15)29(27,28)25(21-5-3-2-4-19(21)23)14-22(26)24-20-13-16-8-9-17(20)12-16/h2-7,10-11,16-17,20H,8-9,12-14H2,1H3,(H,24,26). The summed E-state index contributed by atoms with van der Waals surface area (Å²) < 4.78 is 41.9. The van der Waals surface area contributed by atoms with Crippen LogP contribution in [0.3, 0.4) is 0 Å². The van der Waals surface area contributed by atoms with Crippen LogP contribution in [0.5, 0.6) is 0 Å². The minimum Gasteiger partial charge on any atom is -0.352 e. The van der Waals surface area contributed by atoms with Gasteiger partial charge in [0.25, 0.3) is 10.0 Å². The van der Waals surface area contributed by atoms with Crippen LogP contribution in [0.4, 0.5) is 10.1 Å². The van der Waals surface area contributed by atoms with Crippen LogP contribution >= 0.6 is 0 Å². The van der Waals surface area contributed by atoms with Crippen molar-refractivity contribution < 1.29 is 17.6 Å². The molecule has 154 valence electrons. The van der Waals surface area contributed by atoms with Crippen LogP contribution in [-0.4, -0.2) is 26.9 Å². The van der Waals surface area contributed by atoms with Crippen LogP contribution in [0.2, 0.25) is 0 Å². The molecular formula is C22H25FN2O3S. The largest absolute Gasteiger partial charge is 0.352 e. The molecule has 2 aliphatic rings. The Labute approximate surface area is 171 Å². The number of benzene rings is 2. The van der Waals surface area contributed by atoms with Gasteiger partial charge < -0.3 is 5.32 Å². The molecule has 2 saturated carbocycles. The molecule has 1 N–H and O–H groups in total. The highest BCUT2D eigenvalue weighted by Gasteiger charge is 2.40. The fourth-order valence-corrected chi connectivity index (χ4v) is 6.02. The van der Waals surface area contributed by atoms with E-state index in [0.717, 1.165) is 29.1 Å². The number of fused-ring (bicyclic) bond motifs is 2. The zero-order chi connectivity index (χ0) is 20.6. The summed E-state index contributed by atoms with van der Waals surface area (Å²) >= 11 is 0. The number of nitrogens with one attached hydrogen (secondary N) is 1. The molecule has 2 fully saturated rings. The van der Waals surface area contributed by atoms with Crippen molar-refractivity contribution in [2.24, 2.45) is 11.8 Å². The lowest BCUT2D eigenvalue weighted by molar-refractivity contribution is -0.120. The second kappa shape index (κ2) is 7.78. The Kier molecular flexibility index (Phi) is 5.34. The first kappa shape index (κ1) is 19.9. The van der Waals surface area contributed by atoms with E-state index in [0.29, 0.717) is 11.8 Å². The van der Waals surface area contributed by atoms with E-state index in [-0.39, 0.29) is 16.6 Å². The van der Waals surface area contributed by atoms with Gasteiger partial charge >= 0.3 is 0 Å². The van der Waals surface area contributed by atoms with Gasteiger partial charge in [-0.15, -0.1) is 0 Å². The zero-order valence-electron chi connectivity index (χ0n) is 16.3. The molecule has 3 atom stereocenters. The SMILES string of the molecule is Cc1ccc(S(=O)(=O)N(CC(=O)NC2CC3CCC2C3)c2ccccc2F)cc1. The van der Waals surface area contributed by atoms with E-state index in [4.69, 9.17) is 0 Å². The smallest absolute Gasteiger partial charge is 0.264 e. The maximum atomic E-state index is 14.5. The second-order valence-corrected chi connectivity index (χ2v) is 9.99. The molecule has 2 aliphatic carbocycles. The number of halogens is 1. The monoisotopic (exact) mass is 416 g/mol. The van der Waals surface area contributed by atoms with E-state index in [2.05, 4.69) is 5.32 Å². The van der Waals surface area contributed by atoms with Gasteiger partial charge in [0.2, 0.25) is 5.91 Å². The number of nitrogens with zero attached hydrogens (tertiary/aromatic N) is 1. The fraction of sp³-hybridized carbons (Fsp3) is 0.409. The van der Waals surface area contributed by atoms with Gasteiger partial charge in [0.1, 0.15) is 12.4 Å². The van der Waals surface area contributed by atoms with Crippen molar-refractivity contribution in [3.8, 4) is 0 Å². The highest BCUT2D eigenvalue weighted by Crippen LogP contribution is 2.44. The number of rotatable bonds is 6. The topological polar surface area (TPSA) is 66.5 Å². The van der Waals surface area contributed by atoms with Crippen molar-refractivity contribution in [1.29, 1.82) is 0 Å². The van der Waals surface area contributed by atoms with E-state index in [1.165, 1.54) is 36.8 Å². The number of para-hydroxylation sites is 1. The van der Waals surface area contributed by atoms with Gasteiger partial charge in [-0.3, -0.25) is 9.10 Å². The molecule has 0 saturated heterocycles. The summed E-state index contributed by atoms with van der Waals surface area (Å²) in [5, 5.41) is 3.00. The third-order valence-electron chi connectivity index (χ3n) is 6.10. The molecule has 0 heterocycles. The molecule has 3 unspecified atom stereocenters. The lowest BCUT2D eigenvalue weighted by atomic mass is 9.95. The Morgan fingerprint density at radius 3 is 2.45 bits per heavy atom. The lowest BCUT2D eigenvalue weighted by Crippen LogP contribution is -2.46. The predicted molar refractivity (Wildman–Crippen MR) is 109 cm³/mol. The van der Waals surface area contributed by atoms with Gasteiger partial charge in [-0.25, -0.2) is 12.8 Å². The number of amides is 1. The van der Waals surface area contributed by atoms with Crippen molar-refractivity contribution in [3.63, 3.8) is 0 Å². The van der Waals surface area contributed by atoms with Gasteiger partial charge in [-0.1, -0.05) is 36.2 Å². The average molecular weight is 417 g/mol. The van der Waals surface area contributed by atoms with E-state index in [1.54, 1.807) is 18.2 Å². The van der Waals surface area contributed by atoms with Crippen molar-refractivity contribution in [2.75, 3.05) is 10.8 Å². The van der Waals surface area contributed by atoms with Crippen molar-refractivity contribution in [1.82, 2.24) is 5.32 Å². The highest BCUT2D eigenvalue weighted by molar-refractivity contribution is 7.92. The van der Waals surface area contributed by atoms with E-state index in [9.17, 15) is 17.6 Å². The number of anilines is 1. The lowest BCUT2D eigenvalue weighted by Gasteiger charge is -2.27. The summed E-state index contributed by atoms with van der Waals surface area (Å²) in [7, 11) is -4.10. The molecule has 2 aromatic rings. The van der Waals surface area contributed by atoms with Crippen molar-refractivity contribution in [2.45, 2.75) is 43.5 Å². The third kappa shape index (κ3) is 4.01. The average Bonchev–Trinajstić information content (AvgIpc) is 3.30. The first-order valence-corrected chi connectivity index (χ1v) is 11.4. The summed E-state index contributed by atoms with van der Waals surface area (Å²) in [5.74, 6) is 0.0428. The maximum absolute atomic E-state index is 14.5. The minimum atomic E-state index is -4.10. The molecule has 5 nitrogen and oxygen atoms in total. The number of sulfonamides is 1. The molecular weight excluding hydrogens is 391 g/mol. The highest BCUT2D eigenvalue weighted by atomic mass is 32.2. The number of hydrogen-bond acceptors (Lipinski definition) is 3. The molecule has 4 rings (SSSR count). The number of aryl methyl sites for hydroxylation is 1. The third-order valence-corrected chi connectivity index (χ3v) is 7.88. The summed E-state index contributed by atoms with van der Waals surface area (Å²) in [4.78, 5) is 12.8. The number of carbonyl (C=O) groups is 1. The van der Waals surface area contributed by atoms with E-state index < -0.39 is 28.3 Å². The Balaban J connectivity index is 1.61. The van der Waals surface area contributed by atoms with E-state index in [1.807, 2.05) is 6.92 Å². The van der Waals surface area contributed by atoms with Crippen LogP contribution in [0, 0.1) is 24.6 Å². The predicted octanol–water partition coefficient (Wildman–Crippen LogP) is 3.63. The first-order chi connectivity index (χ1) is 13.8. The van der Waals surface area contributed by atoms with Crippen LogP contribution in [-0.2, 0) is 14.8 Å². The summed E-state index contributed by atoms with van der Waals surface area (Å²) in [5.41, 5.74) is 0.784. The van der Waals surface area contributed by atoms with Crippen LogP contribution in [0.25, 0.3) is 0 Å². The molecule has 1 amide bonds. The molecule has 29 heavy (non-hydrogen) atoms. The summed E-state index contributed by atoms with van der Waals surface area (Å²) in [6, 6.07) is 12.0. The molecule has 0 aliphatic heterocycles. The van der Waals surface area contributed by atoms with Crippen LogP contribution < -0.4 is 9.62 Å². The Morgan fingerprint density at radius 1 is 1.10 bits per heavy atom. The Morgan fingerprint density at radius 2 is 1.83 bits per heavy atom. The Hall–Kier alpha value is -2.41. The fourth-order valence-electron chi connectivity index (χ4n) is 4.60. The molecule has 0 aromatic heterocycles. The van der Waals surface area contributed by atoms with Crippen molar-refractivity contribution >= 4 is 21.6 Å². The number of carbonyl (C=O) groups excluding carboxylic acids is 1. The second-order valence-electron chi connectivity index (χ2n) is 8.13. The normalized spacial score (nSPS) is 23.2. The molecule has 2 bridgehead atoms. The van der Waals surface area contributed by atoms with Crippen LogP contribution in [0.1, 0.15) is 31.2 Å². The van der Waals surface area contributed by atoms with Gasteiger partial charge in [-0.2, -0.15) is 0 Å². The van der Waals surface area contributed by atoms with Crippen LogP contribution in [0.15, 0.2) is 53.4 Å². The quantitative estimate of drug-likeness (QED) is 0.782. The van der Waals surface area contributed by atoms with Gasteiger partial charge in [0.05, 0.1) is 10.6 Å². The summed E-state index contributed by atoms with van der Waals surface area (Å²) in [6.45, 7) is 1.40. The Bertz CT molecular complexity index is 1010. The summed E-state index contributed by atoms with van der Waals surface area (Å²) in [6.07, 6.45) is 4.39. The first-order valence-electron chi connectivity index (χ1n) is 9.98. The van der Waals surface area contributed by atoms with Gasteiger partial charge in [-0.05, 0) is 62.3 Å². The van der Waals surface area contributed by atoms with Gasteiger partial charge in [0.15, 0.2) is 0 Å². The molecule has 0 spiro atoms. The van der Waals surface area contributed by atoms with Crippen molar-refractivity contribution in [3.05, 3.63) is 59.9 Å². The molecule has 7 heteroatoms. The van der Waals surface area contributed by atoms with E-state index >= 15 is 0 Å². The molecule has 0 radical (unpaired) electrons. The molecule has 2 aromatic carbocycles. The van der Waals surface area contributed by atoms with Gasteiger partial charge in [0, 0.05) is 6.04 Å². The zero-order valence-corrected chi connectivity index (χ0v) is 17.2. The number of hydrogen-bond donors (Lipinski definition) is 1. The maximum Gasteiger partial charge on any atom is 0.264 e.